The highest BCUT2D eigenvalue weighted by atomic mass is 19.3. The molecule has 2 N–H and O–H groups in total. The van der Waals surface area contributed by atoms with E-state index in [-0.39, 0.29) is 0 Å². The van der Waals surface area contributed by atoms with Gasteiger partial charge >= 0.3 is 0 Å². The van der Waals surface area contributed by atoms with E-state index >= 15 is 0 Å². The molecule has 0 radical (unpaired) electrons. The summed E-state index contributed by atoms with van der Waals surface area (Å²) in [4.78, 5) is 6.36. The Morgan fingerprint density at radius 3 is 2.71 bits per heavy atom. The van der Waals surface area contributed by atoms with E-state index in [1.165, 1.54) is 0 Å². The first-order valence-electron chi connectivity index (χ1n) is 5.89. The molecule has 0 unspecified atom stereocenters. The van der Waals surface area contributed by atoms with Gasteiger partial charge in [0.2, 0.25) is 6.43 Å². The van der Waals surface area contributed by atoms with E-state index in [0.29, 0.717) is 32.5 Å². The van der Waals surface area contributed by atoms with E-state index in [2.05, 4.69) is 9.88 Å². The maximum Gasteiger partial charge on any atom is 0.241 e. The van der Waals surface area contributed by atoms with Gasteiger partial charge in [0.15, 0.2) is 0 Å². The molecule has 2 heterocycles. The molecule has 0 amide bonds. The van der Waals surface area contributed by atoms with Gasteiger partial charge < -0.3 is 10.6 Å². The molecule has 17 heavy (non-hydrogen) atoms. The fraction of sp³-hybridized carbons (Fsp3) is 0.583. The SMILES string of the molecule is NCc1cccnc1N1CCC(C(F)F)CC1. The lowest BCUT2D eigenvalue weighted by Gasteiger charge is -2.33. The third-order valence-corrected chi connectivity index (χ3v) is 3.28. The summed E-state index contributed by atoms with van der Waals surface area (Å²) in [6.07, 6.45) is 0.569. The quantitative estimate of drug-likeness (QED) is 0.880. The van der Waals surface area contributed by atoms with Crippen molar-refractivity contribution in [2.24, 2.45) is 11.7 Å². The number of rotatable bonds is 3. The highest BCUT2D eigenvalue weighted by Crippen LogP contribution is 2.27. The summed E-state index contributed by atoms with van der Waals surface area (Å²) in [5.74, 6) is 0.388. The molecule has 0 saturated carbocycles. The number of hydrogen-bond donors (Lipinski definition) is 1. The molecular weight excluding hydrogens is 224 g/mol. The summed E-state index contributed by atoms with van der Waals surface area (Å²) in [5, 5.41) is 0. The highest BCUT2D eigenvalue weighted by molar-refractivity contribution is 5.46. The van der Waals surface area contributed by atoms with E-state index in [0.717, 1.165) is 11.4 Å². The summed E-state index contributed by atoms with van der Waals surface area (Å²) in [7, 11) is 0. The molecule has 0 spiro atoms. The minimum Gasteiger partial charge on any atom is -0.356 e. The molecule has 1 saturated heterocycles. The van der Waals surface area contributed by atoms with Crippen LogP contribution in [0.4, 0.5) is 14.6 Å². The number of pyridine rings is 1. The number of piperidine rings is 1. The molecule has 1 aromatic heterocycles. The number of nitrogens with zero attached hydrogens (tertiary/aromatic N) is 2. The van der Waals surface area contributed by atoms with Gasteiger partial charge in [0, 0.05) is 37.3 Å². The first-order chi connectivity index (χ1) is 8.22. The first kappa shape index (κ1) is 12.2. The molecule has 0 bridgehead atoms. The number of nitrogens with two attached hydrogens (primary N) is 1. The molecule has 0 atom stereocenters. The second-order valence-electron chi connectivity index (χ2n) is 4.35. The average Bonchev–Trinajstić information content (AvgIpc) is 2.39. The molecular formula is C12H17F2N3. The van der Waals surface area contributed by atoms with Crippen LogP contribution < -0.4 is 10.6 Å². The lowest BCUT2D eigenvalue weighted by molar-refractivity contribution is 0.0635. The van der Waals surface area contributed by atoms with Gasteiger partial charge in [-0.2, -0.15) is 0 Å². The van der Waals surface area contributed by atoms with Crippen LogP contribution >= 0.6 is 0 Å². The third kappa shape index (κ3) is 2.72. The summed E-state index contributed by atoms with van der Waals surface area (Å²) >= 11 is 0. The Kier molecular flexibility index (Phi) is 3.89. The van der Waals surface area contributed by atoms with Crippen LogP contribution in [-0.2, 0) is 6.54 Å². The fourth-order valence-electron chi connectivity index (χ4n) is 2.24. The van der Waals surface area contributed by atoms with Crippen molar-refractivity contribution >= 4 is 5.82 Å². The van der Waals surface area contributed by atoms with Gasteiger partial charge in [-0.15, -0.1) is 0 Å². The van der Waals surface area contributed by atoms with Crippen molar-refractivity contribution in [1.29, 1.82) is 0 Å². The number of alkyl halides is 2. The Hall–Kier alpha value is -1.23. The lowest BCUT2D eigenvalue weighted by atomic mass is 9.97. The van der Waals surface area contributed by atoms with Crippen LogP contribution in [0.2, 0.25) is 0 Å². The van der Waals surface area contributed by atoms with Crippen LogP contribution in [0.1, 0.15) is 18.4 Å². The van der Waals surface area contributed by atoms with Crippen molar-refractivity contribution in [3.8, 4) is 0 Å². The summed E-state index contributed by atoms with van der Waals surface area (Å²) < 4.78 is 25.1. The smallest absolute Gasteiger partial charge is 0.241 e. The number of halogens is 2. The zero-order chi connectivity index (χ0) is 12.3. The Morgan fingerprint density at radius 2 is 2.12 bits per heavy atom. The van der Waals surface area contributed by atoms with Gasteiger partial charge in [-0.1, -0.05) is 6.07 Å². The molecule has 0 aromatic carbocycles. The monoisotopic (exact) mass is 241 g/mol. The van der Waals surface area contributed by atoms with Crippen molar-refractivity contribution in [3.63, 3.8) is 0 Å². The van der Waals surface area contributed by atoms with Crippen LogP contribution in [0, 0.1) is 5.92 Å². The molecule has 1 aliphatic rings. The van der Waals surface area contributed by atoms with E-state index in [4.69, 9.17) is 5.73 Å². The van der Waals surface area contributed by atoms with Gasteiger partial charge in [-0.3, -0.25) is 0 Å². The number of anilines is 1. The molecule has 94 valence electrons. The summed E-state index contributed by atoms with van der Waals surface area (Å²) in [6.45, 7) is 1.70. The van der Waals surface area contributed by atoms with Crippen LogP contribution in [0.15, 0.2) is 18.3 Å². The third-order valence-electron chi connectivity index (χ3n) is 3.28. The largest absolute Gasteiger partial charge is 0.356 e. The van der Waals surface area contributed by atoms with Crippen LogP contribution in [0.5, 0.6) is 0 Å². The predicted molar refractivity (Wildman–Crippen MR) is 63.1 cm³/mol. The Labute approximate surface area is 99.6 Å². The van der Waals surface area contributed by atoms with E-state index < -0.39 is 12.3 Å². The average molecular weight is 241 g/mol. The van der Waals surface area contributed by atoms with Crippen molar-refractivity contribution in [1.82, 2.24) is 4.98 Å². The van der Waals surface area contributed by atoms with Crippen LogP contribution in [-0.4, -0.2) is 24.5 Å². The Morgan fingerprint density at radius 1 is 1.41 bits per heavy atom. The summed E-state index contributed by atoms with van der Waals surface area (Å²) in [6, 6.07) is 3.78. The van der Waals surface area contributed by atoms with Gasteiger partial charge in [-0.25, -0.2) is 13.8 Å². The molecule has 1 fully saturated rings. The fourth-order valence-corrected chi connectivity index (χ4v) is 2.24. The van der Waals surface area contributed by atoms with Gasteiger partial charge in [0.25, 0.3) is 0 Å². The van der Waals surface area contributed by atoms with Crippen LogP contribution in [0.25, 0.3) is 0 Å². The van der Waals surface area contributed by atoms with E-state index in [1.807, 2.05) is 12.1 Å². The standard InChI is InChI=1S/C12H17F2N3/c13-11(14)9-3-6-17(7-4-9)12-10(8-15)2-1-5-16-12/h1-2,5,9,11H,3-4,6-8,15H2. The highest BCUT2D eigenvalue weighted by Gasteiger charge is 2.27. The van der Waals surface area contributed by atoms with Crippen molar-refractivity contribution < 1.29 is 8.78 Å². The molecule has 0 aliphatic carbocycles. The minimum atomic E-state index is -2.20. The topological polar surface area (TPSA) is 42.1 Å². The van der Waals surface area contributed by atoms with E-state index in [1.54, 1.807) is 6.20 Å². The number of hydrogen-bond acceptors (Lipinski definition) is 3. The summed E-state index contributed by atoms with van der Waals surface area (Å²) in [5.41, 5.74) is 6.62. The lowest BCUT2D eigenvalue weighted by Crippen LogP contribution is -2.37. The predicted octanol–water partition coefficient (Wildman–Crippen LogP) is 2.02. The molecule has 1 aromatic rings. The number of aromatic nitrogens is 1. The second kappa shape index (κ2) is 5.40. The van der Waals surface area contributed by atoms with Crippen molar-refractivity contribution in [3.05, 3.63) is 23.9 Å². The van der Waals surface area contributed by atoms with Crippen LogP contribution in [0.3, 0.4) is 0 Å². The van der Waals surface area contributed by atoms with Gasteiger partial charge in [0.05, 0.1) is 0 Å². The minimum absolute atomic E-state index is 0.429. The van der Waals surface area contributed by atoms with Crippen molar-refractivity contribution in [2.45, 2.75) is 25.8 Å². The maximum absolute atomic E-state index is 12.5. The second-order valence-corrected chi connectivity index (χ2v) is 4.35. The van der Waals surface area contributed by atoms with Crippen molar-refractivity contribution in [2.75, 3.05) is 18.0 Å². The molecule has 5 heteroatoms. The normalized spacial score (nSPS) is 17.8. The van der Waals surface area contributed by atoms with Gasteiger partial charge in [0.1, 0.15) is 5.82 Å². The molecule has 2 rings (SSSR count). The van der Waals surface area contributed by atoms with Gasteiger partial charge in [-0.05, 0) is 18.9 Å². The Balaban J connectivity index is 2.05. The Bertz CT molecular complexity index is 363. The molecule has 1 aliphatic heterocycles. The zero-order valence-corrected chi connectivity index (χ0v) is 9.65. The molecule has 3 nitrogen and oxygen atoms in total. The maximum atomic E-state index is 12.5. The first-order valence-corrected chi connectivity index (χ1v) is 5.89. The van der Waals surface area contributed by atoms with E-state index in [9.17, 15) is 8.78 Å². The zero-order valence-electron chi connectivity index (χ0n) is 9.65.